The standard InChI is InChI=1S/C16H10N3O2S2/c20-23(21,14-9-3-5-11-6-4-10-17-15(11)14)19-16-18-12-7-1-2-8-13(12)22-16/h1-10H/q-1. The number of pyridine rings is 1. The molecule has 4 rings (SSSR count). The number of nitrogens with zero attached hydrogens (tertiary/aromatic N) is 3. The molecule has 0 N–H and O–H groups in total. The smallest absolute Gasteiger partial charge is 0.205 e. The number of aromatic nitrogens is 2. The minimum Gasteiger partial charge on any atom is -0.426 e. The van der Waals surface area contributed by atoms with Gasteiger partial charge in [-0.2, -0.15) is 0 Å². The van der Waals surface area contributed by atoms with Crippen LogP contribution in [0.3, 0.4) is 0 Å². The van der Waals surface area contributed by atoms with Crippen LogP contribution in [0.5, 0.6) is 0 Å². The Morgan fingerprint density at radius 1 is 0.957 bits per heavy atom. The molecule has 23 heavy (non-hydrogen) atoms. The third-order valence-electron chi connectivity index (χ3n) is 3.35. The average molecular weight is 340 g/mol. The molecule has 2 aromatic heterocycles. The second kappa shape index (κ2) is 5.29. The van der Waals surface area contributed by atoms with E-state index >= 15 is 0 Å². The zero-order valence-corrected chi connectivity index (χ0v) is 13.4. The highest BCUT2D eigenvalue weighted by atomic mass is 32.2. The molecule has 0 aliphatic carbocycles. The summed E-state index contributed by atoms with van der Waals surface area (Å²) in [5.41, 5.74) is 1.15. The van der Waals surface area contributed by atoms with Crippen molar-refractivity contribution >= 4 is 47.6 Å². The molecule has 7 heteroatoms. The molecule has 0 amide bonds. The van der Waals surface area contributed by atoms with Gasteiger partial charge in [0.1, 0.15) is 0 Å². The Labute approximate surface area is 136 Å². The number of fused-ring (bicyclic) bond motifs is 2. The van der Waals surface area contributed by atoms with E-state index in [-0.39, 0.29) is 10.0 Å². The summed E-state index contributed by atoms with van der Waals surface area (Å²) < 4.78 is 30.1. The first-order chi connectivity index (χ1) is 11.1. The van der Waals surface area contributed by atoms with Crippen LogP contribution < -0.4 is 0 Å². The molecule has 0 radical (unpaired) electrons. The molecule has 2 heterocycles. The van der Waals surface area contributed by atoms with Gasteiger partial charge < -0.3 is 9.71 Å². The van der Waals surface area contributed by atoms with Gasteiger partial charge in [0.25, 0.3) is 0 Å². The van der Waals surface area contributed by atoms with E-state index in [1.807, 2.05) is 36.4 Å². The lowest BCUT2D eigenvalue weighted by molar-refractivity contribution is 0.604. The first-order valence-electron chi connectivity index (χ1n) is 6.81. The predicted octanol–water partition coefficient (Wildman–Crippen LogP) is 4.24. The third kappa shape index (κ3) is 2.54. The summed E-state index contributed by atoms with van der Waals surface area (Å²) >= 11 is 1.25. The van der Waals surface area contributed by atoms with E-state index in [1.54, 1.807) is 18.3 Å². The molecule has 0 saturated carbocycles. The fourth-order valence-corrected chi connectivity index (χ4v) is 4.49. The molecule has 0 unspecified atom stereocenters. The Kier molecular flexibility index (Phi) is 3.24. The van der Waals surface area contributed by atoms with Crippen LogP contribution in [-0.2, 0) is 10.0 Å². The molecule has 5 nitrogen and oxygen atoms in total. The minimum atomic E-state index is -3.88. The van der Waals surface area contributed by atoms with Crippen LogP contribution in [0, 0.1) is 0 Å². The number of hydrogen-bond donors (Lipinski definition) is 0. The Balaban J connectivity index is 1.80. The van der Waals surface area contributed by atoms with Crippen LogP contribution in [0.4, 0.5) is 5.13 Å². The van der Waals surface area contributed by atoms with Crippen molar-refractivity contribution in [3.8, 4) is 0 Å². The topological polar surface area (TPSA) is 74.0 Å². The van der Waals surface area contributed by atoms with Crippen LogP contribution in [-0.4, -0.2) is 18.4 Å². The summed E-state index contributed by atoms with van der Waals surface area (Å²) in [6.45, 7) is 0. The fourth-order valence-electron chi connectivity index (χ4n) is 2.34. The first kappa shape index (κ1) is 14.1. The number of benzene rings is 2. The molecule has 114 valence electrons. The molecule has 4 aromatic rings. The Morgan fingerprint density at radius 3 is 2.65 bits per heavy atom. The fraction of sp³-hybridized carbons (Fsp3) is 0. The summed E-state index contributed by atoms with van der Waals surface area (Å²) in [5.74, 6) is 0. The van der Waals surface area contributed by atoms with E-state index in [1.165, 1.54) is 17.4 Å². The van der Waals surface area contributed by atoms with Gasteiger partial charge in [-0.25, -0.2) is 8.42 Å². The highest BCUT2D eigenvalue weighted by molar-refractivity contribution is 7.94. The predicted molar refractivity (Wildman–Crippen MR) is 91.6 cm³/mol. The molecule has 2 aromatic carbocycles. The summed E-state index contributed by atoms with van der Waals surface area (Å²) in [4.78, 5) is 8.52. The lowest BCUT2D eigenvalue weighted by Gasteiger charge is -2.13. The van der Waals surface area contributed by atoms with Crippen molar-refractivity contribution < 1.29 is 8.42 Å². The zero-order valence-electron chi connectivity index (χ0n) is 11.7. The van der Waals surface area contributed by atoms with Crippen LogP contribution >= 0.6 is 11.3 Å². The number of thiazole rings is 1. The maximum atomic E-state index is 12.7. The van der Waals surface area contributed by atoms with Crippen LogP contribution in [0.1, 0.15) is 0 Å². The van der Waals surface area contributed by atoms with Gasteiger partial charge in [0.2, 0.25) is 10.0 Å². The van der Waals surface area contributed by atoms with Gasteiger partial charge in [-0.15, -0.1) is 11.3 Å². The van der Waals surface area contributed by atoms with E-state index < -0.39 is 10.0 Å². The van der Waals surface area contributed by atoms with Gasteiger partial charge in [0, 0.05) is 21.4 Å². The van der Waals surface area contributed by atoms with E-state index in [4.69, 9.17) is 0 Å². The third-order valence-corrected chi connectivity index (χ3v) is 5.70. The highest BCUT2D eigenvalue weighted by Gasteiger charge is 2.15. The van der Waals surface area contributed by atoms with Gasteiger partial charge in [0.05, 0.1) is 10.4 Å². The number of rotatable bonds is 3. The minimum absolute atomic E-state index is 0.0925. The molecule has 0 atom stereocenters. The quantitative estimate of drug-likeness (QED) is 0.559. The van der Waals surface area contributed by atoms with E-state index in [0.29, 0.717) is 5.52 Å². The molecule has 0 aliphatic rings. The zero-order chi connectivity index (χ0) is 15.9. The van der Waals surface area contributed by atoms with Gasteiger partial charge in [0.15, 0.2) is 0 Å². The van der Waals surface area contributed by atoms with Crippen molar-refractivity contribution in [3.05, 3.63) is 65.5 Å². The average Bonchev–Trinajstić information content (AvgIpc) is 2.95. The molecular weight excluding hydrogens is 330 g/mol. The molecular formula is C16H10N3O2S2-. The normalized spacial score (nSPS) is 11.8. The SMILES string of the molecule is O=S(=O)([N-]c1nc2ccccc2s1)c1cccc2cccnc12. The summed E-state index contributed by atoms with van der Waals surface area (Å²) in [7, 11) is -3.88. The summed E-state index contributed by atoms with van der Waals surface area (Å²) in [6.07, 6.45) is 1.57. The second-order valence-corrected chi connectivity index (χ2v) is 7.44. The maximum absolute atomic E-state index is 12.7. The van der Waals surface area contributed by atoms with Gasteiger partial charge in [-0.3, -0.25) is 4.98 Å². The summed E-state index contributed by atoms with van der Waals surface area (Å²) in [6, 6.07) is 16.1. The van der Waals surface area contributed by atoms with Crippen LogP contribution in [0.15, 0.2) is 65.7 Å². The monoisotopic (exact) mass is 340 g/mol. The highest BCUT2D eigenvalue weighted by Crippen LogP contribution is 2.36. The van der Waals surface area contributed by atoms with Crippen molar-refractivity contribution in [3.63, 3.8) is 0 Å². The molecule has 0 fully saturated rings. The van der Waals surface area contributed by atoms with Crippen molar-refractivity contribution in [2.75, 3.05) is 0 Å². The Morgan fingerprint density at radius 2 is 1.78 bits per heavy atom. The van der Waals surface area contributed by atoms with Crippen LogP contribution in [0.2, 0.25) is 0 Å². The van der Waals surface area contributed by atoms with Crippen LogP contribution in [0.25, 0.3) is 25.8 Å². The number of para-hydroxylation sites is 2. The Hall–Kier alpha value is -2.51. The molecule has 0 aliphatic heterocycles. The largest absolute Gasteiger partial charge is 0.426 e. The van der Waals surface area contributed by atoms with E-state index in [0.717, 1.165) is 15.6 Å². The molecule has 0 saturated heterocycles. The molecule has 0 spiro atoms. The van der Waals surface area contributed by atoms with E-state index in [2.05, 4.69) is 14.7 Å². The van der Waals surface area contributed by atoms with Gasteiger partial charge >= 0.3 is 0 Å². The van der Waals surface area contributed by atoms with Crippen molar-refractivity contribution in [2.45, 2.75) is 4.90 Å². The second-order valence-electron chi connectivity index (χ2n) is 4.86. The summed E-state index contributed by atoms with van der Waals surface area (Å²) in [5, 5.41) is 0.979. The van der Waals surface area contributed by atoms with Gasteiger partial charge in [-0.1, -0.05) is 36.4 Å². The lowest BCUT2D eigenvalue weighted by atomic mass is 10.2. The van der Waals surface area contributed by atoms with E-state index in [9.17, 15) is 8.42 Å². The first-order valence-corrected chi connectivity index (χ1v) is 9.06. The van der Waals surface area contributed by atoms with Crippen molar-refractivity contribution in [2.24, 2.45) is 0 Å². The number of hydrogen-bond acceptors (Lipinski definition) is 5. The Bertz CT molecular complexity index is 1080. The van der Waals surface area contributed by atoms with Crippen molar-refractivity contribution in [1.29, 1.82) is 0 Å². The van der Waals surface area contributed by atoms with Gasteiger partial charge in [-0.05, 0) is 23.7 Å². The number of sulfonamides is 1. The maximum Gasteiger partial charge on any atom is 0.205 e. The molecule has 0 bridgehead atoms. The van der Waals surface area contributed by atoms with Crippen molar-refractivity contribution in [1.82, 2.24) is 9.97 Å². The lowest BCUT2D eigenvalue weighted by Crippen LogP contribution is -1.99.